The van der Waals surface area contributed by atoms with E-state index in [2.05, 4.69) is 0 Å². The number of rotatable bonds is 3. The Balaban J connectivity index is 3.09. The first-order valence-electron chi connectivity index (χ1n) is 3.67. The Kier molecular flexibility index (Phi) is 3.64. The van der Waals surface area contributed by atoms with Gasteiger partial charge in [0.2, 0.25) is 9.05 Å². The van der Waals surface area contributed by atoms with Crippen molar-refractivity contribution in [3.8, 4) is 5.75 Å². The molecule has 3 nitrogen and oxygen atoms in total. The van der Waals surface area contributed by atoms with Crippen molar-refractivity contribution in [2.24, 2.45) is 0 Å². The fourth-order valence-electron chi connectivity index (χ4n) is 1.02. The van der Waals surface area contributed by atoms with Gasteiger partial charge in [0.15, 0.2) is 0 Å². The van der Waals surface area contributed by atoms with Crippen LogP contribution in [-0.4, -0.2) is 15.5 Å². The van der Waals surface area contributed by atoms with Crippen LogP contribution in [0.5, 0.6) is 5.75 Å². The van der Waals surface area contributed by atoms with Crippen molar-refractivity contribution in [2.45, 2.75) is 5.75 Å². The molecule has 6 heteroatoms. The lowest BCUT2D eigenvalue weighted by Crippen LogP contribution is -1.98. The topological polar surface area (TPSA) is 43.4 Å². The number of hydrogen-bond acceptors (Lipinski definition) is 3. The fourth-order valence-corrected chi connectivity index (χ4v) is 2.15. The number of ether oxygens (including phenoxy) is 1. The van der Waals surface area contributed by atoms with Gasteiger partial charge in [-0.3, -0.25) is 0 Å². The summed E-state index contributed by atoms with van der Waals surface area (Å²) in [5, 5.41) is 0.484. The van der Waals surface area contributed by atoms with Gasteiger partial charge in [-0.1, -0.05) is 17.7 Å². The van der Waals surface area contributed by atoms with Gasteiger partial charge in [-0.2, -0.15) is 0 Å². The summed E-state index contributed by atoms with van der Waals surface area (Å²) in [5.41, 5.74) is 0.493. The Hall–Kier alpha value is -0.450. The van der Waals surface area contributed by atoms with E-state index in [1.54, 1.807) is 18.2 Å². The monoisotopic (exact) mass is 254 g/mol. The summed E-state index contributed by atoms with van der Waals surface area (Å²) in [6.07, 6.45) is 0. The number of methoxy groups -OCH3 is 1. The summed E-state index contributed by atoms with van der Waals surface area (Å²) in [4.78, 5) is 0. The quantitative estimate of drug-likeness (QED) is 0.779. The molecule has 0 fully saturated rings. The second kappa shape index (κ2) is 4.38. The molecule has 0 aliphatic rings. The molecule has 0 N–H and O–H groups in total. The predicted molar refractivity (Wildman–Crippen MR) is 56.5 cm³/mol. The van der Waals surface area contributed by atoms with Crippen LogP contribution in [0.4, 0.5) is 0 Å². The van der Waals surface area contributed by atoms with E-state index in [0.717, 1.165) is 0 Å². The van der Waals surface area contributed by atoms with Gasteiger partial charge in [-0.15, -0.1) is 0 Å². The smallest absolute Gasteiger partial charge is 0.236 e. The van der Waals surface area contributed by atoms with Crippen LogP contribution < -0.4 is 4.74 Å². The third kappa shape index (κ3) is 3.36. The average Bonchev–Trinajstić information content (AvgIpc) is 2.06. The van der Waals surface area contributed by atoms with Crippen molar-refractivity contribution in [1.29, 1.82) is 0 Å². The van der Waals surface area contributed by atoms with Crippen LogP contribution in [-0.2, 0) is 14.8 Å². The maximum absolute atomic E-state index is 10.8. The maximum atomic E-state index is 10.8. The van der Waals surface area contributed by atoms with Gasteiger partial charge in [0, 0.05) is 21.3 Å². The normalized spacial score (nSPS) is 11.4. The molecule has 0 radical (unpaired) electrons. The predicted octanol–water partition coefficient (Wildman–Crippen LogP) is 2.42. The Labute approximate surface area is 92.0 Å². The molecule has 14 heavy (non-hydrogen) atoms. The van der Waals surface area contributed by atoms with E-state index in [4.69, 9.17) is 27.0 Å². The highest BCUT2D eigenvalue weighted by molar-refractivity contribution is 8.13. The van der Waals surface area contributed by atoms with Crippen LogP contribution >= 0.6 is 22.3 Å². The third-order valence-corrected chi connectivity index (χ3v) is 2.80. The molecule has 0 atom stereocenters. The van der Waals surface area contributed by atoms with Crippen molar-refractivity contribution in [3.63, 3.8) is 0 Å². The minimum Gasteiger partial charge on any atom is -0.496 e. The van der Waals surface area contributed by atoms with Crippen molar-refractivity contribution in [2.75, 3.05) is 7.11 Å². The van der Waals surface area contributed by atoms with Crippen LogP contribution in [0.25, 0.3) is 0 Å². The molecule has 0 aliphatic heterocycles. The first kappa shape index (κ1) is 11.6. The van der Waals surface area contributed by atoms with Gasteiger partial charge in [-0.05, 0) is 12.1 Å². The molecule has 0 saturated heterocycles. The SMILES string of the molecule is COc1cc(Cl)ccc1CS(=O)(=O)Cl. The molecule has 0 heterocycles. The third-order valence-electron chi connectivity index (χ3n) is 1.58. The molecular formula is C8H8Cl2O3S. The summed E-state index contributed by atoms with van der Waals surface area (Å²) < 4.78 is 26.6. The highest BCUT2D eigenvalue weighted by atomic mass is 35.7. The molecule has 1 aromatic rings. The molecule has 0 unspecified atom stereocenters. The van der Waals surface area contributed by atoms with Crippen LogP contribution in [0.1, 0.15) is 5.56 Å². The van der Waals surface area contributed by atoms with Crippen molar-refractivity contribution in [3.05, 3.63) is 28.8 Å². The summed E-state index contributed by atoms with van der Waals surface area (Å²) in [6.45, 7) is 0. The molecule has 1 rings (SSSR count). The first-order valence-corrected chi connectivity index (χ1v) is 6.53. The number of halogens is 2. The zero-order valence-corrected chi connectivity index (χ0v) is 9.66. The summed E-state index contributed by atoms with van der Waals surface area (Å²) in [5.74, 6) is 0.149. The Bertz CT molecular complexity index is 428. The van der Waals surface area contributed by atoms with Gasteiger partial charge in [0.05, 0.1) is 12.9 Å². The Morgan fingerprint density at radius 1 is 1.43 bits per heavy atom. The summed E-state index contributed by atoms with van der Waals surface area (Å²) >= 11 is 5.70. The number of benzene rings is 1. The van der Waals surface area contributed by atoms with Gasteiger partial charge < -0.3 is 4.74 Å². The number of hydrogen-bond donors (Lipinski definition) is 0. The van der Waals surface area contributed by atoms with Crippen LogP contribution in [0.15, 0.2) is 18.2 Å². The van der Waals surface area contributed by atoms with Crippen molar-refractivity contribution in [1.82, 2.24) is 0 Å². The van der Waals surface area contributed by atoms with Gasteiger partial charge in [0.25, 0.3) is 0 Å². The molecule has 0 bridgehead atoms. The molecule has 0 aliphatic carbocycles. The summed E-state index contributed by atoms with van der Waals surface area (Å²) in [6, 6.07) is 4.70. The Morgan fingerprint density at radius 3 is 2.57 bits per heavy atom. The molecular weight excluding hydrogens is 247 g/mol. The zero-order valence-electron chi connectivity index (χ0n) is 7.33. The maximum Gasteiger partial charge on any atom is 0.236 e. The van der Waals surface area contributed by atoms with Gasteiger partial charge in [0.1, 0.15) is 5.75 Å². The lowest BCUT2D eigenvalue weighted by atomic mass is 10.2. The first-order chi connectivity index (χ1) is 6.42. The highest BCUT2D eigenvalue weighted by Crippen LogP contribution is 2.25. The second-order valence-electron chi connectivity index (χ2n) is 2.64. The largest absolute Gasteiger partial charge is 0.496 e. The lowest BCUT2D eigenvalue weighted by molar-refractivity contribution is 0.411. The minimum atomic E-state index is -3.57. The van der Waals surface area contributed by atoms with E-state index in [-0.39, 0.29) is 5.75 Å². The summed E-state index contributed by atoms with van der Waals surface area (Å²) in [7, 11) is 2.99. The van der Waals surface area contributed by atoms with Gasteiger partial charge in [-0.25, -0.2) is 8.42 Å². The highest BCUT2D eigenvalue weighted by Gasteiger charge is 2.11. The lowest BCUT2D eigenvalue weighted by Gasteiger charge is -2.06. The van der Waals surface area contributed by atoms with E-state index in [1.165, 1.54) is 7.11 Å². The van der Waals surface area contributed by atoms with Crippen LogP contribution in [0.3, 0.4) is 0 Å². The molecule has 0 spiro atoms. The van der Waals surface area contributed by atoms with Crippen LogP contribution in [0, 0.1) is 0 Å². The van der Waals surface area contributed by atoms with E-state index in [1.807, 2.05) is 0 Å². The standard InChI is InChI=1S/C8H8Cl2O3S/c1-13-8-4-7(9)3-2-6(8)5-14(10,11)12/h2-4H,5H2,1H3. The van der Waals surface area contributed by atoms with Crippen molar-refractivity contribution < 1.29 is 13.2 Å². The average molecular weight is 255 g/mol. The Morgan fingerprint density at radius 2 is 2.07 bits per heavy atom. The molecule has 1 aromatic carbocycles. The van der Waals surface area contributed by atoms with E-state index in [9.17, 15) is 8.42 Å². The van der Waals surface area contributed by atoms with E-state index in [0.29, 0.717) is 16.3 Å². The molecule has 0 aromatic heterocycles. The van der Waals surface area contributed by atoms with Gasteiger partial charge >= 0.3 is 0 Å². The minimum absolute atomic E-state index is 0.269. The molecule has 78 valence electrons. The van der Waals surface area contributed by atoms with E-state index < -0.39 is 9.05 Å². The van der Waals surface area contributed by atoms with Crippen molar-refractivity contribution >= 4 is 31.3 Å². The zero-order chi connectivity index (χ0) is 10.8. The molecule has 0 saturated carbocycles. The van der Waals surface area contributed by atoms with E-state index >= 15 is 0 Å². The molecule has 0 amide bonds. The van der Waals surface area contributed by atoms with Crippen LogP contribution in [0.2, 0.25) is 5.02 Å². The second-order valence-corrected chi connectivity index (χ2v) is 5.85. The fraction of sp³-hybridized carbons (Fsp3) is 0.250.